The van der Waals surface area contributed by atoms with E-state index in [2.05, 4.69) is 21.6 Å². The average molecular weight is 373 g/mol. The first-order valence-electron chi connectivity index (χ1n) is 9.91. The first-order valence-corrected chi connectivity index (χ1v) is 9.91. The summed E-state index contributed by atoms with van der Waals surface area (Å²) in [6.45, 7) is 3.03. The maximum absolute atomic E-state index is 12.6. The van der Waals surface area contributed by atoms with E-state index in [1.165, 1.54) is 0 Å². The lowest BCUT2D eigenvalue weighted by atomic mass is 10.0. The van der Waals surface area contributed by atoms with E-state index in [1.807, 2.05) is 12.1 Å². The van der Waals surface area contributed by atoms with Gasteiger partial charge in [0.15, 0.2) is 11.5 Å². The fraction of sp³-hybridized carbons (Fsp3) is 0.600. The van der Waals surface area contributed by atoms with Crippen LogP contribution in [0.3, 0.4) is 0 Å². The van der Waals surface area contributed by atoms with Gasteiger partial charge in [0.05, 0.1) is 6.54 Å². The maximum atomic E-state index is 12.6. The number of fused-ring (bicyclic) bond motifs is 1. The van der Waals surface area contributed by atoms with E-state index in [0.717, 1.165) is 49.3 Å². The SMILES string of the molecule is O=C(CN1CCC[C@@H]1c1ccc2c(c1)OCCO2)N[C@H]1CCCCNC1=O. The number of likely N-dealkylation sites (tertiary alicyclic amines) is 1. The zero-order chi connectivity index (χ0) is 18.6. The molecule has 1 aromatic carbocycles. The van der Waals surface area contributed by atoms with Crippen molar-refractivity contribution in [3.63, 3.8) is 0 Å². The molecule has 0 radical (unpaired) electrons. The minimum atomic E-state index is -0.407. The number of rotatable bonds is 4. The van der Waals surface area contributed by atoms with Gasteiger partial charge in [0.25, 0.3) is 0 Å². The largest absolute Gasteiger partial charge is 0.486 e. The van der Waals surface area contributed by atoms with E-state index in [9.17, 15) is 9.59 Å². The minimum absolute atomic E-state index is 0.0642. The highest BCUT2D eigenvalue weighted by Crippen LogP contribution is 2.37. The van der Waals surface area contributed by atoms with E-state index >= 15 is 0 Å². The summed E-state index contributed by atoms with van der Waals surface area (Å²) in [6.07, 6.45) is 4.69. The quantitative estimate of drug-likeness (QED) is 0.834. The van der Waals surface area contributed by atoms with Crippen molar-refractivity contribution in [3.05, 3.63) is 23.8 Å². The highest BCUT2D eigenvalue weighted by atomic mass is 16.6. The van der Waals surface area contributed by atoms with Crippen molar-refractivity contribution in [1.29, 1.82) is 0 Å². The molecule has 7 heteroatoms. The monoisotopic (exact) mass is 373 g/mol. The fourth-order valence-corrected chi connectivity index (χ4v) is 4.16. The molecule has 2 fully saturated rings. The van der Waals surface area contributed by atoms with Gasteiger partial charge in [-0.05, 0) is 56.3 Å². The van der Waals surface area contributed by atoms with Crippen molar-refractivity contribution in [2.24, 2.45) is 0 Å². The molecule has 2 N–H and O–H groups in total. The van der Waals surface area contributed by atoms with Crippen LogP contribution in [0.1, 0.15) is 43.7 Å². The number of hydrogen-bond acceptors (Lipinski definition) is 5. The molecule has 3 aliphatic rings. The standard InChI is InChI=1S/C20H27N3O4/c24-19(22-15-4-1-2-8-21-20(15)25)13-23-9-3-5-16(23)14-6-7-17-18(12-14)27-11-10-26-17/h6-7,12,15-16H,1-5,8-11,13H2,(H,21,25)(H,22,24)/t15-,16+/m0/s1. The van der Waals surface area contributed by atoms with Crippen molar-refractivity contribution in [2.45, 2.75) is 44.2 Å². The molecule has 146 valence electrons. The van der Waals surface area contributed by atoms with Gasteiger partial charge in [0.2, 0.25) is 11.8 Å². The molecule has 0 saturated carbocycles. The van der Waals surface area contributed by atoms with Crippen LogP contribution in [0.15, 0.2) is 18.2 Å². The Morgan fingerprint density at radius 3 is 2.89 bits per heavy atom. The lowest BCUT2D eigenvalue weighted by Crippen LogP contribution is -2.48. The molecule has 0 aliphatic carbocycles. The fourth-order valence-electron chi connectivity index (χ4n) is 4.16. The van der Waals surface area contributed by atoms with Crippen LogP contribution in [0.5, 0.6) is 11.5 Å². The van der Waals surface area contributed by atoms with Crippen LogP contribution in [-0.4, -0.2) is 55.6 Å². The van der Waals surface area contributed by atoms with E-state index < -0.39 is 6.04 Å². The molecule has 7 nitrogen and oxygen atoms in total. The smallest absolute Gasteiger partial charge is 0.242 e. The Labute approximate surface area is 159 Å². The van der Waals surface area contributed by atoms with Crippen LogP contribution < -0.4 is 20.1 Å². The first-order chi connectivity index (χ1) is 13.2. The van der Waals surface area contributed by atoms with Gasteiger partial charge >= 0.3 is 0 Å². The summed E-state index contributed by atoms with van der Waals surface area (Å²) in [7, 11) is 0. The van der Waals surface area contributed by atoms with Gasteiger partial charge in [0.1, 0.15) is 19.3 Å². The van der Waals surface area contributed by atoms with Crippen molar-refractivity contribution in [1.82, 2.24) is 15.5 Å². The van der Waals surface area contributed by atoms with Crippen LogP contribution in [-0.2, 0) is 9.59 Å². The summed E-state index contributed by atoms with van der Waals surface area (Å²) in [6, 6.07) is 5.84. The Kier molecular flexibility index (Phi) is 5.48. The molecule has 0 aromatic heterocycles. The number of ether oxygens (including phenoxy) is 2. The van der Waals surface area contributed by atoms with Gasteiger partial charge in [0, 0.05) is 12.6 Å². The zero-order valence-electron chi connectivity index (χ0n) is 15.5. The summed E-state index contributed by atoms with van der Waals surface area (Å²) in [5.74, 6) is 1.42. The molecule has 3 aliphatic heterocycles. The predicted molar refractivity (Wildman–Crippen MR) is 99.8 cm³/mol. The van der Waals surface area contributed by atoms with Crippen LogP contribution >= 0.6 is 0 Å². The summed E-state index contributed by atoms with van der Waals surface area (Å²) < 4.78 is 11.3. The van der Waals surface area contributed by atoms with E-state index in [4.69, 9.17) is 9.47 Å². The van der Waals surface area contributed by atoms with Crippen molar-refractivity contribution < 1.29 is 19.1 Å². The van der Waals surface area contributed by atoms with Gasteiger partial charge in [-0.2, -0.15) is 0 Å². The Hall–Kier alpha value is -2.28. The number of hydrogen-bond donors (Lipinski definition) is 2. The number of carbonyl (C=O) groups excluding carboxylic acids is 2. The topological polar surface area (TPSA) is 79.9 Å². The first kappa shape index (κ1) is 18.1. The molecular weight excluding hydrogens is 346 g/mol. The second-order valence-corrected chi connectivity index (χ2v) is 7.44. The second kappa shape index (κ2) is 8.17. The molecule has 0 unspecified atom stereocenters. The highest BCUT2D eigenvalue weighted by Gasteiger charge is 2.30. The van der Waals surface area contributed by atoms with Gasteiger partial charge in [-0.1, -0.05) is 6.07 Å². The molecule has 0 spiro atoms. The molecule has 2 amide bonds. The molecule has 4 rings (SSSR count). The van der Waals surface area contributed by atoms with E-state index in [-0.39, 0.29) is 17.9 Å². The third-order valence-electron chi connectivity index (χ3n) is 5.53. The Morgan fingerprint density at radius 1 is 1.15 bits per heavy atom. The maximum Gasteiger partial charge on any atom is 0.242 e. The third-order valence-corrected chi connectivity index (χ3v) is 5.53. The average Bonchev–Trinajstić information content (AvgIpc) is 3.04. The summed E-state index contributed by atoms with van der Waals surface area (Å²) in [4.78, 5) is 26.8. The van der Waals surface area contributed by atoms with Crippen molar-refractivity contribution >= 4 is 11.8 Å². The number of benzene rings is 1. The van der Waals surface area contributed by atoms with E-state index in [1.54, 1.807) is 0 Å². The molecule has 27 heavy (non-hydrogen) atoms. The molecule has 2 atom stereocenters. The summed E-state index contributed by atoms with van der Waals surface area (Å²) in [5, 5.41) is 5.78. The van der Waals surface area contributed by atoms with Gasteiger partial charge in [-0.25, -0.2) is 0 Å². The van der Waals surface area contributed by atoms with Crippen molar-refractivity contribution in [2.75, 3.05) is 32.8 Å². The van der Waals surface area contributed by atoms with Crippen LogP contribution in [0.4, 0.5) is 0 Å². The Bertz CT molecular complexity index is 708. The van der Waals surface area contributed by atoms with Crippen LogP contribution in [0.2, 0.25) is 0 Å². The third kappa shape index (κ3) is 4.18. The number of nitrogens with zero attached hydrogens (tertiary/aromatic N) is 1. The summed E-state index contributed by atoms with van der Waals surface area (Å²) in [5.41, 5.74) is 1.15. The minimum Gasteiger partial charge on any atom is -0.486 e. The van der Waals surface area contributed by atoms with Gasteiger partial charge < -0.3 is 20.1 Å². The number of carbonyl (C=O) groups is 2. The number of amides is 2. The Morgan fingerprint density at radius 2 is 2.00 bits per heavy atom. The lowest BCUT2D eigenvalue weighted by Gasteiger charge is -2.26. The van der Waals surface area contributed by atoms with Crippen LogP contribution in [0, 0.1) is 0 Å². The Balaban J connectivity index is 1.39. The van der Waals surface area contributed by atoms with Gasteiger partial charge in [-0.15, -0.1) is 0 Å². The van der Waals surface area contributed by atoms with Crippen LogP contribution in [0.25, 0.3) is 0 Å². The van der Waals surface area contributed by atoms with Gasteiger partial charge in [-0.3, -0.25) is 14.5 Å². The van der Waals surface area contributed by atoms with Crippen molar-refractivity contribution in [3.8, 4) is 11.5 Å². The van der Waals surface area contributed by atoms with E-state index in [0.29, 0.717) is 32.7 Å². The zero-order valence-corrected chi connectivity index (χ0v) is 15.5. The predicted octanol–water partition coefficient (Wildman–Crippen LogP) is 1.38. The lowest BCUT2D eigenvalue weighted by molar-refractivity contribution is -0.129. The normalized spacial score (nSPS) is 25.6. The summed E-state index contributed by atoms with van der Waals surface area (Å²) >= 11 is 0. The number of nitrogens with one attached hydrogen (secondary N) is 2. The second-order valence-electron chi connectivity index (χ2n) is 7.44. The molecule has 1 aromatic rings. The highest BCUT2D eigenvalue weighted by molar-refractivity contribution is 5.88. The molecule has 2 saturated heterocycles. The molecular formula is C20H27N3O4. The molecule has 0 bridgehead atoms. The molecule has 3 heterocycles.